The highest BCUT2D eigenvalue weighted by molar-refractivity contribution is 7.99. The molecule has 1 aliphatic rings. The quantitative estimate of drug-likeness (QED) is 0.637. The van der Waals surface area contributed by atoms with E-state index in [1.165, 1.54) is 54.6 Å². The molecule has 1 nitrogen and oxygen atoms in total. The molecular weight excluding hydrogens is 250 g/mol. The van der Waals surface area contributed by atoms with Gasteiger partial charge in [-0.05, 0) is 44.7 Å². The maximum Gasteiger partial charge on any atom is 0.0349 e. The molecule has 1 aromatic carbocycles. The summed E-state index contributed by atoms with van der Waals surface area (Å²) in [4.78, 5) is 1.34. The molecule has 0 bridgehead atoms. The van der Waals surface area contributed by atoms with Crippen LogP contribution in [0.5, 0.6) is 0 Å². The van der Waals surface area contributed by atoms with Gasteiger partial charge in [0.25, 0.3) is 0 Å². The van der Waals surface area contributed by atoms with Crippen LogP contribution in [0.3, 0.4) is 0 Å². The van der Waals surface area contributed by atoms with Gasteiger partial charge in [0.05, 0.1) is 0 Å². The molecule has 0 radical (unpaired) electrons. The van der Waals surface area contributed by atoms with Crippen LogP contribution in [-0.2, 0) is 0 Å². The molecular formula is C17H25NS. The fourth-order valence-corrected chi connectivity index (χ4v) is 3.58. The van der Waals surface area contributed by atoms with Crippen molar-refractivity contribution < 1.29 is 0 Å². The maximum atomic E-state index is 6.37. The van der Waals surface area contributed by atoms with Crippen molar-refractivity contribution in [3.8, 4) is 0 Å². The Bertz CT molecular complexity index is 425. The highest BCUT2D eigenvalue weighted by Gasteiger charge is 2.11. The standard InChI is InChI=1S/C17H25NS/c1-14-8-7-11-16(12-14)19-13-17(18)15-9-5-3-2-4-6-10-15/h7-9,11-12,17H,2-6,10,13,18H2,1H3/b15-9+. The summed E-state index contributed by atoms with van der Waals surface area (Å²) in [5, 5.41) is 0. The molecule has 0 amide bonds. The number of hydrogen-bond acceptors (Lipinski definition) is 2. The lowest BCUT2D eigenvalue weighted by atomic mass is 9.96. The number of benzene rings is 1. The van der Waals surface area contributed by atoms with Crippen molar-refractivity contribution in [3.63, 3.8) is 0 Å². The second-order valence-corrected chi connectivity index (χ2v) is 6.56. The second kappa shape index (κ2) is 7.76. The molecule has 1 aromatic rings. The van der Waals surface area contributed by atoms with Crippen molar-refractivity contribution in [1.29, 1.82) is 0 Å². The van der Waals surface area contributed by atoms with Crippen molar-refractivity contribution in [1.82, 2.24) is 0 Å². The van der Waals surface area contributed by atoms with Crippen LogP contribution in [-0.4, -0.2) is 11.8 Å². The van der Waals surface area contributed by atoms with Crippen LogP contribution in [0.25, 0.3) is 0 Å². The average Bonchev–Trinajstić information content (AvgIpc) is 2.36. The average molecular weight is 275 g/mol. The lowest BCUT2D eigenvalue weighted by Gasteiger charge is -2.18. The smallest absolute Gasteiger partial charge is 0.0349 e. The van der Waals surface area contributed by atoms with Gasteiger partial charge in [0.15, 0.2) is 0 Å². The third-order valence-corrected chi connectivity index (χ3v) is 4.83. The van der Waals surface area contributed by atoms with Crippen molar-refractivity contribution >= 4 is 11.8 Å². The van der Waals surface area contributed by atoms with Crippen molar-refractivity contribution in [2.24, 2.45) is 5.73 Å². The first-order chi connectivity index (χ1) is 9.25. The Hall–Kier alpha value is -0.730. The van der Waals surface area contributed by atoms with Gasteiger partial charge in [0, 0.05) is 16.7 Å². The molecule has 19 heavy (non-hydrogen) atoms. The van der Waals surface area contributed by atoms with Crippen LogP contribution in [0.2, 0.25) is 0 Å². The van der Waals surface area contributed by atoms with Gasteiger partial charge in [-0.2, -0.15) is 0 Å². The molecule has 1 aliphatic carbocycles. The third-order valence-electron chi connectivity index (χ3n) is 3.72. The Morgan fingerprint density at radius 3 is 2.89 bits per heavy atom. The van der Waals surface area contributed by atoms with E-state index in [0.29, 0.717) is 0 Å². The number of allylic oxidation sites excluding steroid dienone is 1. The Labute approximate surface area is 121 Å². The summed E-state index contributed by atoms with van der Waals surface area (Å²) in [5.41, 5.74) is 9.17. The van der Waals surface area contributed by atoms with Gasteiger partial charge in [0.1, 0.15) is 0 Å². The van der Waals surface area contributed by atoms with E-state index in [-0.39, 0.29) is 6.04 Å². The van der Waals surface area contributed by atoms with Crippen LogP contribution >= 0.6 is 11.8 Å². The molecule has 104 valence electrons. The minimum atomic E-state index is 0.226. The van der Waals surface area contributed by atoms with E-state index in [1.807, 2.05) is 11.8 Å². The van der Waals surface area contributed by atoms with Gasteiger partial charge in [-0.25, -0.2) is 0 Å². The van der Waals surface area contributed by atoms with E-state index in [2.05, 4.69) is 37.3 Å². The molecule has 1 atom stereocenters. The normalized spacial score (nSPS) is 21.1. The van der Waals surface area contributed by atoms with Crippen molar-refractivity contribution in [3.05, 3.63) is 41.5 Å². The molecule has 0 saturated carbocycles. The lowest BCUT2D eigenvalue weighted by molar-refractivity contribution is 0.606. The molecule has 0 aliphatic heterocycles. The summed E-state index contributed by atoms with van der Waals surface area (Å²) in [6.07, 6.45) is 10.2. The largest absolute Gasteiger partial charge is 0.324 e. The Balaban J connectivity index is 1.87. The fraction of sp³-hybridized carbons (Fsp3) is 0.529. The maximum absolute atomic E-state index is 6.37. The minimum Gasteiger partial charge on any atom is -0.324 e. The summed E-state index contributed by atoms with van der Waals surface area (Å²) in [6.45, 7) is 2.14. The third kappa shape index (κ3) is 5.04. The molecule has 0 saturated heterocycles. The number of hydrogen-bond donors (Lipinski definition) is 1. The van der Waals surface area contributed by atoms with Gasteiger partial charge in [-0.15, -0.1) is 11.8 Å². The van der Waals surface area contributed by atoms with Gasteiger partial charge in [-0.1, -0.05) is 42.2 Å². The summed E-state index contributed by atoms with van der Waals surface area (Å²) in [6, 6.07) is 8.91. The van der Waals surface area contributed by atoms with E-state index in [4.69, 9.17) is 5.73 Å². The molecule has 2 heteroatoms. The summed E-state index contributed by atoms with van der Waals surface area (Å²) >= 11 is 1.88. The first-order valence-electron chi connectivity index (χ1n) is 7.39. The van der Waals surface area contributed by atoms with E-state index in [9.17, 15) is 0 Å². The van der Waals surface area contributed by atoms with Gasteiger partial charge >= 0.3 is 0 Å². The van der Waals surface area contributed by atoms with E-state index in [0.717, 1.165) is 5.75 Å². The first kappa shape index (κ1) is 14.7. The van der Waals surface area contributed by atoms with Crippen LogP contribution in [0.4, 0.5) is 0 Å². The zero-order valence-corrected chi connectivity index (χ0v) is 12.7. The number of aryl methyl sites for hydroxylation is 1. The lowest BCUT2D eigenvalue weighted by Crippen LogP contribution is -2.25. The molecule has 0 aromatic heterocycles. The van der Waals surface area contributed by atoms with Crippen LogP contribution in [0.1, 0.15) is 44.1 Å². The van der Waals surface area contributed by atoms with Gasteiger partial charge < -0.3 is 5.73 Å². The minimum absolute atomic E-state index is 0.226. The molecule has 2 N–H and O–H groups in total. The molecule has 0 fully saturated rings. The zero-order valence-electron chi connectivity index (χ0n) is 11.9. The van der Waals surface area contributed by atoms with Crippen molar-refractivity contribution in [2.45, 2.75) is 56.4 Å². The van der Waals surface area contributed by atoms with Crippen molar-refractivity contribution in [2.75, 3.05) is 5.75 Å². The van der Waals surface area contributed by atoms with E-state index in [1.54, 1.807) is 0 Å². The Kier molecular flexibility index (Phi) is 5.99. The zero-order chi connectivity index (χ0) is 13.5. The number of thioether (sulfide) groups is 1. The second-order valence-electron chi connectivity index (χ2n) is 5.47. The molecule has 0 heterocycles. The molecule has 2 rings (SSSR count). The van der Waals surface area contributed by atoms with E-state index < -0.39 is 0 Å². The van der Waals surface area contributed by atoms with Crippen LogP contribution in [0, 0.1) is 6.92 Å². The number of rotatable bonds is 4. The Morgan fingerprint density at radius 1 is 1.21 bits per heavy atom. The van der Waals surface area contributed by atoms with Gasteiger partial charge in [0.2, 0.25) is 0 Å². The van der Waals surface area contributed by atoms with Crippen LogP contribution in [0.15, 0.2) is 40.8 Å². The first-order valence-corrected chi connectivity index (χ1v) is 8.38. The SMILES string of the molecule is Cc1cccc(SCC(N)/C2=C/CCCCCC2)c1. The monoisotopic (exact) mass is 275 g/mol. The summed E-state index contributed by atoms with van der Waals surface area (Å²) < 4.78 is 0. The van der Waals surface area contributed by atoms with Crippen LogP contribution < -0.4 is 5.73 Å². The topological polar surface area (TPSA) is 26.0 Å². The highest BCUT2D eigenvalue weighted by Crippen LogP contribution is 2.24. The molecule has 0 spiro atoms. The summed E-state index contributed by atoms with van der Waals surface area (Å²) in [5.74, 6) is 0.995. The fourth-order valence-electron chi connectivity index (χ4n) is 2.55. The highest BCUT2D eigenvalue weighted by atomic mass is 32.2. The molecule has 1 unspecified atom stereocenters. The number of nitrogens with two attached hydrogens (primary N) is 1. The van der Waals surface area contributed by atoms with Gasteiger partial charge in [-0.3, -0.25) is 0 Å². The predicted octanol–water partition coefficient (Wildman–Crippen LogP) is 4.70. The summed E-state index contributed by atoms with van der Waals surface area (Å²) in [7, 11) is 0. The predicted molar refractivity (Wildman–Crippen MR) is 85.7 cm³/mol. The Morgan fingerprint density at radius 2 is 2.05 bits per heavy atom. The van der Waals surface area contributed by atoms with E-state index >= 15 is 0 Å².